The van der Waals surface area contributed by atoms with Crippen LogP contribution in [0.2, 0.25) is 0 Å². The lowest BCUT2D eigenvalue weighted by molar-refractivity contribution is -0.121. The molecule has 0 radical (unpaired) electrons. The molecule has 144 valence electrons. The second kappa shape index (κ2) is 7.78. The Labute approximate surface area is 159 Å². The third kappa shape index (κ3) is 3.94. The lowest BCUT2D eigenvalue weighted by Gasteiger charge is -2.20. The van der Waals surface area contributed by atoms with Gasteiger partial charge in [0.25, 0.3) is 0 Å². The van der Waals surface area contributed by atoms with Crippen molar-refractivity contribution in [1.82, 2.24) is 5.32 Å². The van der Waals surface area contributed by atoms with Gasteiger partial charge >= 0.3 is 0 Å². The molecule has 3 rings (SSSR count). The van der Waals surface area contributed by atoms with Gasteiger partial charge in [-0.15, -0.1) is 0 Å². The fourth-order valence-corrected chi connectivity index (χ4v) is 3.23. The van der Waals surface area contributed by atoms with E-state index in [9.17, 15) is 4.79 Å². The van der Waals surface area contributed by atoms with Gasteiger partial charge in [0.1, 0.15) is 0 Å². The minimum Gasteiger partial charge on any atom is -0.493 e. The zero-order chi connectivity index (χ0) is 19.4. The molecule has 27 heavy (non-hydrogen) atoms. The van der Waals surface area contributed by atoms with Gasteiger partial charge in [0, 0.05) is 0 Å². The molecule has 1 fully saturated rings. The van der Waals surface area contributed by atoms with Gasteiger partial charge in [-0.2, -0.15) is 0 Å². The van der Waals surface area contributed by atoms with Gasteiger partial charge < -0.3 is 24.3 Å². The number of nitrogens with one attached hydrogen (secondary N) is 1. The third-order valence-electron chi connectivity index (χ3n) is 4.88. The van der Waals surface area contributed by atoms with Gasteiger partial charge in [-0.25, -0.2) is 0 Å². The molecule has 0 aliphatic heterocycles. The zero-order valence-electron chi connectivity index (χ0n) is 16.1. The van der Waals surface area contributed by atoms with Crippen molar-refractivity contribution in [2.75, 3.05) is 28.4 Å². The van der Waals surface area contributed by atoms with E-state index in [2.05, 4.69) is 5.32 Å². The Morgan fingerprint density at radius 3 is 1.96 bits per heavy atom. The largest absolute Gasteiger partial charge is 0.493 e. The maximum Gasteiger partial charge on any atom is 0.225 e. The van der Waals surface area contributed by atoms with E-state index in [1.165, 1.54) is 0 Å². The van der Waals surface area contributed by atoms with Crippen LogP contribution in [0.4, 0.5) is 0 Å². The molecular formula is C21H25NO5. The summed E-state index contributed by atoms with van der Waals surface area (Å²) < 4.78 is 21.2. The normalized spacial score (nSPS) is 14.2. The van der Waals surface area contributed by atoms with Gasteiger partial charge in [0.2, 0.25) is 5.91 Å². The average molecular weight is 371 g/mol. The van der Waals surface area contributed by atoms with E-state index >= 15 is 0 Å². The van der Waals surface area contributed by atoms with Crippen LogP contribution in [-0.2, 0) is 16.8 Å². The molecule has 0 heterocycles. The standard InChI is InChI=1S/C21H25NO5/c1-24-16-7-5-14(11-18(16)26-3)12-20(23)22-21(9-10-21)15-6-8-17(25-2)19(13-15)27-4/h5-8,11,13H,9-10,12H2,1-4H3,(H,22,23). The van der Waals surface area contributed by atoms with Crippen molar-refractivity contribution >= 4 is 5.91 Å². The van der Waals surface area contributed by atoms with Gasteiger partial charge in [-0.1, -0.05) is 12.1 Å². The van der Waals surface area contributed by atoms with Gasteiger partial charge in [-0.3, -0.25) is 4.79 Å². The predicted molar refractivity (Wildman–Crippen MR) is 102 cm³/mol. The summed E-state index contributed by atoms with van der Waals surface area (Å²) in [7, 11) is 6.38. The van der Waals surface area contributed by atoms with Crippen LogP contribution < -0.4 is 24.3 Å². The smallest absolute Gasteiger partial charge is 0.225 e. The topological polar surface area (TPSA) is 66.0 Å². The van der Waals surface area contributed by atoms with Crippen molar-refractivity contribution in [3.63, 3.8) is 0 Å². The van der Waals surface area contributed by atoms with Crippen molar-refractivity contribution in [3.8, 4) is 23.0 Å². The summed E-state index contributed by atoms with van der Waals surface area (Å²) in [5.41, 5.74) is 1.57. The van der Waals surface area contributed by atoms with Crippen molar-refractivity contribution in [3.05, 3.63) is 47.5 Å². The maximum absolute atomic E-state index is 12.6. The second-order valence-electron chi connectivity index (χ2n) is 6.57. The summed E-state index contributed by atoms with van der Waals surface area (Å²) in [4.78, 5) is 12.6. The summed E-state index contributed by atoms with van der Waals surface area (Å²) in [6.45, 7) is 0. The van der Waals surface area contributed by atoms with Gasteiger partial charge in [-0.05, 0) is 48.2 Å². The molecule has 2 aromatic carbocycles. The number of benzene rings is 2. The Hall–Kier alpha value is -2.89. The van der Waals surface area contributed by atoms with E-state index in [1.54, 1.807) is 28.4 Å². The van der Waals surface area contributed by atoms with E-state index in [4.69, 9.17) is 18.9 Å². The summed E-state index contributed by atoms with van der Waals surface area (Å²) >= 11 is 0. The van der Waals surface area contributed by atoms with Crippen molar-refractivity contribution in [1.29, 1.82) is 0 Å². The SMILES string of the molecule is COc1ccc(CC(=O)NC2(c3ccc(OC)c(OC)c3)CC2)cc1OC. The van der Waals surface area contributed by atoms with Gasteiger partial charge in [0.05, 0.1) is 40.4 Å². The number of amides is 1. The number of carbonyl (C=O) groups excluding carboxylic acids is 1. The number of rotatable bonds is 8. The lowest BCUT2D eigenvalue weighted by Crippen LogP contribution is -2.35. The molecule has 0 bridgehead atoms. The third-order valence-corrected chi connectivity index (χ3v) is 4.88. The molecule has 0 spiro atoms. The molecular weight excluding hydrogens is 346 g/mol. The Balaban J connectivity index is 1.72. The first kappa shape index (κ1) is 18.9. The van der Waals surface area contributed by atoms with Crippen LogP contribution >= 0.6 is 0 Å². The number of methoxy groups -OCH3 is 4. The summed E-state index contributed by atoms with van der Waals surface area (Å²) in [6.07, 6.45) is 2.08. The van der Waals surface area contributed by atoms with Crippen molar-refractivity contribution in [2.45, 2.75) is 24.8 Å². The molecule has 1 aliphatic rings. The van der Waals surface area contributed by atoms with E-state index in [1.807, 2.05) is 36.4 Å². The first-order chi connectivity index (χ1) is 13.0. The fraction of sp³-hybridized carbons (Fsp3) is 0.381. The fourth-order valence-electron chi connectivity index (χ4n) is 3.23. The number of carbonyl (C=O) groups is 1. The van der Waals surface area contributed by atoms with Crippen LogP contribution in [0.3, 0.4) is 0 Å². The molecule has 6 nitrogen and oxygen atoms in total. The molecule has 1 amide bonds. The highest BCUT2D eigenvalue weighted by Crippen LogP contribution is 2.47. The summed E-state index contributed by atoms with van der Waals surface area (Å²) in [6, 6.07) is 11.3. The molecule has 1 saturated carbocycles. The first-order valence-corrected chi connectivity index (χ1v) is 8.79. The molecule has 0 atom stereocenters. The first-order valence-electron chi connectivity index (χ1n) is 8.79. The van der Waals surface area contributed by atoms with E-state index in [-0.39, 0.29) is 17.9 Å². The molecule has 0 saturated heterocycles. The summed E-state index contributed by atoms with van der Waals surface area (Å²) in [5.74, 6) is 2.56. The molecule has 0 unspecified atom stereocenters. The highest BCUT2D eigenvalue weighted by Gasteiger charge is 2.46. The Bertz CT molecular complexity index is 829. The van der Waals surface area contributed by atoms with Gasteiger partial charge in [0.15, 0.2) is 23.0 Å². The number of ether oxygens (including phenoxy) is 4. The Morgan fingerprint density at radius 1 is 0.852 bits per heavy atom. The summed E-state index contributed by atoms with van der Waals surface area (Å²) in [5, 5.41) is 3.18. The minimum absolute atomic E-state index is 0.0329. The van der Waals surface area contributed by atoms with Crippen LogP contribution in [0.25, 0.3) is 0 Å². The van der Waals surface area contributed by atoms with Crippen LogP contribution in [0, 0.1) is 0 Å². The lowest BCUT2D eigenvalue weighted by atomic mass is 10.0. The second-order valence-corrected chi connectivity index (χ2v) is 6.57. The molecule has 1 N–H and O–H groups in total. The zero-order valence-corrected chi connectivity index (χ0v) is 16.1. The predicted octanol–water partition coefficient (Wildman–Crippen LogP) is 3.07. The van der Waals surface area contributed by atoms with Crippen molar-refractivity contribution in [2.24, 2.45) is 0 Å². The maximum atomic E-state index is 12.6. The van der Waals surface area contributed by atoms with E-state index < -0.39 is 0 Å². The van der Waals surface area contributed by atoms with Crippen LogP contribution in [0.1, 0.15) is 24.0 Å². The van der Waals surface area contributed by atoms with Crippen LogP contribution in [-0.4, -0.2) is 34.3 Å². The van der Waals surface area contributed by atoms with Crippen LogP contribution in [0.5, 0.6) is 23.0 Å². The molecule has 1 aliphatic carbocycles. The van der Waals surface area contributed by atoms with E-state index in [0.717, 1.165) is 24.0 Å². The number of hydrogen-bond acceptors (Lipinski definition) is 5. The van der Waals surface area contributed by atoms with Crippen LogP contribution in [0.15, 0.2) is 36.4 Å². The average Bonchev–Trinajstić information content (AvgIpc) is 3.47. The van der Waals surface area contributed by atoms with Crippen molar-refractivity contribution < 1.29 is 23.7 Å². The Kier molecular flexibility index (Phi) is 5.44. The molecule has 2 aromatic rings. The highest BCUT2D eigenvalue weighted by atomic mass is 16.5. The quantitative estimate of drug-likeness (QED) is 0.773. The highest BCUT2D eigenvalue weighted by molar-refractivity contribution is 5.80. The monoisotopic (exact) mass is 371 g/mol. The molecule has 6 heteroatoms. The Morgan fingerprint density at radius 2 is 1.41 bits per heavy atom. The van der Waals surface area contributed by atoms with E-state index in [0.29, 0.717) is 23.0 Å². The number of hydrogen-bond donors (Lipinski definition) is 1. The minimum atomic E-state index is -0.326. The molecule has 0 aromatic heterocycles.